The van der Waals surface area contributed by atoms with Gasteiger partial charge in [0.25, 0.3) is 6.71 Å². The molecule has 9 aromatic carbocycles. The number of rotatable bonds is 6. The Morgan fingerprint density at radius 3 is 1.80 bits per heavy atom. The van der Waals surface area contributed by atoms with Crippen molar-refractivity contribution in [1.82, 2.24) is 4.57 Å². The predicted molar refractivity (Wildman–Crippen MR) is 301 cm³/mol. The number of aromatic nitrogens is 1. The minimum atomic E-state index is 0.0142. The molecule has 0 N–H and O–H groups in total. The van der Waals surface area contributed by atoms with Crippen LogP contribution in [0, 0.1) is 0 Å². The van der Waals surface area contributed by atoms with E-state index < -0.39 is 0 Å². The third-order valence-corrected chi connectivity index (χ3v) is 16.3. The summed E-state index contributed by atoms with van der Waals surface area (Å²) in [5.41, 5.74) is 22.1. The fourth-order valence-corrected chi connectivity index (χ4v) is 13.0. The van der Waals surface area contributed by atoms with Crippen LogP contribution in [0.4, 0.5) is 51.2 Å². The maximum atomic E-state index is 2.62. The number of benzene rings is 9. The zero-order valence-corrected chi connectivity index (χ0v) is 41.1. The van der Waals surface area contributed by atoms with Crippen molar-refractivity contribution in [1.29, 1.82) is 0 Å². The Morgan fingerprint density at radius 1 is 0.443 bits per heavy atom. The second-order valence-corrected chi connectivity index (χ2v) is 22.5. The van der Waals surface area contributed by atoms with Crippen molar-refractivity contribution in [2.24, 2.45) is 0 Å². The van der Waals surface area contributed by atoms with Crippen LogP contribution < -0.4 is 31.2 Å². The second-order valence-electron chi connectivity index (χ2n) is 21.4. The first kappa shape index (κ1) is 41.2. The number of fused-ring (bicyclic) bond motifs is 7. The van der Waals surface area contributed by atoms with Crippen molar-refractivity contribution in [3.05, 3.63) is 211 Å². The van der Waals surface area contributed by atoms with E-state index in [0.29, 0.717) is 0 Å². The van der Waals surface area contributed by atoms with Crippen LogP contribution in [0.1, 0.15) is 52.7 Å². The Bertz CT molecular complexity index is 3930. The van der Waals surface area contributed by atoms with E-state index in [0.717, 1.165) is 22.7 Å². The average molecular weight is 919 g/mol. The summed E-state index contributed by atoms with van der Waals surface area (Å²) in [6.45, 7) is 13.8. The standard InChI is InChI=1S/C64H51BN4S/c1-63(2,3)41-27-31-43(32-28-41)66(51-22-13-10-19-47(51)40-17-8-7-9-18-40)46-38-55-60-56(39-46)69-52-23-14-11-21-49(52)61-62(69)65(60)59-53(67(55)44-33-29-42(30-34-44)64(4,5)6)24-16-25-54(59)68(61)45-35-36-58-50(37-45)48-20-12-15-26-57(48)70-58/h7-39H,1-6H3. The Kier molecular flexibility index (Phi) is 8.74. The predicted octanol–water partition coefficient (Wildman–Crippen LogP) is 16.1. The van der Waals surface area contributed by atoms with Gasteiger partial charge in [0, 0.05) is 76.5 Å². The molecule has 14 rings (SSSR count). The summed E-state index contributed by atoms with van der Waals surface area (Å²) in [7, 11) is 0. The molecule has 336 valence electrons. The van der Waals surface area contributed by atoms with Crippen molar-refractivity contribution in [2.75, 3.05) is 14.7 Å². The Balaban J connectivity index is 1.09. The van der Waals surface area contributed by atoms with Crippen LogP contribution >= 0.6 is 11.3 Å². The summed E-state index contributed by atoms with van der Waals surface area (Å²) in [6.07, 6.45) is 0. The smallest absolute Gasteiger partial charge is 0.275 e. The fraction of sp³-hybridized carbons (Fsp3) is 0.125. The van der Waals surface area contributed by atoms with Crippen molar-refractivity contribution >= 4 is 117 Å². The van der Waals surface area contributed by atoms with Gasteiger partial charge in [-0.3, -0.25) is 0 Å². The first-order valence-electron chi connectivity index (χ1n) is 24.6. The van der Waals surface area contributed by atoms with Gasteiger partial charge in [-0.1, -0.05) is 157 Å². The highest BCUT2D eigenvalue weighted by Gasteiger charge is 2.51. The summed E-state index contributed by atoms with van der Waals surface area (Å²) in [4.78, 5) is 7.67. The molecule has 0 saturated heterocycles. The lowest BCUT2D eigenvalue weighted by Crippen LogP contribution is -2.59. The van der Waals surface area contributed by atoms with Gasteiger partial charge in [0.1, 0.15) is 0 Å². The summed E-state index contributed by atoms with van der Waals surface area (Å²) in [5.74, 6) is 0. The summed E-state index contributed by atoms with van der Waals surface area (Å²) in [5, 5.41) is 3.86. The molecule has 0 aliphatic carbocycles. The molecular weight excluding hydrogens is 868 g/mol. The topological polar surface area (TPSA) is 14.7 Å². The van der Waals surface area contributed by atoms with Crippen LogP contribution in [0.3, 0.4) is 0 Å². The van der Waals surface area contributed by atoms with Crippen molar-refractivity contribution in [3.8, 4) is 16.8 Å². The number of hydrogen-bond acceptors (Lipinski definition) is 4. The highest BCUT2D eigenvalue weighted by atomic mass is 32.1. The van der Waals surface area contributed by atoms with Crippen LogP contribution in [-0.4, -0.2) is 11.3 Å². The average Bonchev–Trinajstić information content (AvgIpc) is 4.04. The highest BCUT2D eigenvalue weighted by molar-refractivity contribution is 7.25. The molecular formula is C64H51BN4S. The minimum absolute atomic E-state index is 0.0142. The van der Waals surface area contributed by atoms with E-state index in [1.807, 2.05) is 11.3 Å². The van der Waals surface area contributed by atoms with E-state index in [2.05, 4.69) is 261 Å². The summed E-state index contributed by atoms with van der Waals surface area (Å²) in [6, 6.07) is 75.5. The normalized spacial score (nSPS) is 13.5. The molecule has 0 amide bonds. The number of anilines is 9. The monoisotopic (exact) mass is 918 g/mol. The van der Waals surface area contributed by atoms with Crippen LogP contribution in [0.2, 0.25) is 0 Å². The van der Waals surface area contributed by atoms with Gasteiger partial charge in [0.15, 0.2) is 0 Å². The van der Waals surface area contributed by atoms with Gasteiger partial charge >= 0.3 is 0 Å². The number of hydrogen-bond donors (Lipinski definition) is 0. The number of thiophene rings is 1. The van der Waals surface area contributed by atoms with Gasteiger partial charge in [-0.25, -0.2) is 0 Å². The third kappa shape index (κ3) is 5.96. The molecule has 0 saturated carbocycles. The van der Waals surface area contributed by atoms with E-state index in [-0.39, 0.29) is 17.5 Å². The number of para-hydroxylation sites is 2. The molecule has 0 fully saturated rings. The molecule has 0 radical (unpaired) electrons. The van der Waals surface area contributed by atoms with Crippen molar-refractivity contribution in [3.63, 3.8) is 0 Å². The second kappa shape index (κ2) is 14.9. The van der Waals surface area contributed by atoms with Crippen molar-refractivity contribution < 1.29 is 0 Å². The van der Waals surface area contributed by atoms with E-state index >= 15 is 0 Å². The van der Waals surface area contributed by atoms with Gasteiger partial charge in [0.05, 0.1) is 22.6 Å². The molecule has 4 nitrogen and oxygen atoms in total. The van der Waals surface area contributed by atoms with Crippen LogP contribution in [-0.2, 0) is 10.8 Å². The van der Waals surface area contributed by atoms with E-state index in [1.54, 1.807) is 0 Å². The van der Waals surface area contributed by atoms with Crippen LogP contribution in [0.25, 0.3) is 47.9 Å². The molecule has 11 aromatic rings. The van der Waals surface area contributed by atoms with Gasteiger partial charge in [-0.15, -0.1) is 11.3 Å². The molecule has 3 aliphatic heterocycles. The maximum absolute atomic E-state index is 2.62. The lowest BCUT2D eigenvalue weighted by molar-refractivity contribution is 0.590. The van der Waals surface area contributed by atoms with Gasteiger partial charge in [-0.05, 0) is 123 Å². The third-order valence-electron chi connectivity index (χ3n) is 15.2. The fourth-order valence-electron chi connectivity index (χ4n) is 11.9. The summed E-state index contributed by atoms with van der Waals surface area (Å²) < 4.78 is 5.25. The maximum Gasteiger partial charge on any atom is 0.275 e. The molecule has 0 atom stereocenters. The zero-order valence-electron chi connectivity index (χ0n) is 40.3. The summed E-state index contributed by atoms with van der Waals surface area (Å²) >= 11 is 1.88. The molecule has 2 aromatic heterocycles. The SMILES string of the molecule is CC(C)(C)c1ccc(N(c2cc3c4c(c2)-n2c5c(c6ccccc62)N(c2ccc6sc7ccccc7c6c2)c2cccc(c2B45)N3c2ccc(C(C)(C)C)cc2)c2ccccc2-c2ccccc2)cc1. The first-order chi connectivity index (χ1) is 34.0. The molecule has 70 heavy (non-hydrogen) atoms. The molecule has 0 bridgehead atoms. The molecule has 0 unspecified atom stereocenters. The Morgan fingerprint density at radius 2 is 1.04 bits per heavy atom. The van der Waals surface area contributed by atoms with E-state index in [9.17, 15) is 0 Å². The van der Waals surface area contributed by atoms with E-state index in [1.165, 1.54) is 104 Å². The first-order valence-corrected chi connectivity index (χ1v) is 25.4. The lowest BCUT2D eigenvalue weighted by Gasteiger charge is -2.42. The van der Waals surface area contributed by atoms with Gasteiger partial charge in [0.2, 0.25) is 0 Å². The molecule has 5 heterocycles. The number of nitrogens with zero attached hydrogens (tertiary/aromatic N) is 4. The quantitative estimate of drug-likeness (QED) is 0.154. The largest absolute Gasteiger partial charge is 0.320 e. The molecule has 0 spiro atoms. The Hall–Kier alpha value is -7.80. The molecule has 3 aliphatic rings. The van der Waals surface area contributed by atoms with Crippen LogP contribution in [0.15, 0.2) is 200 Å². The molecule has 6 heteroatoms. The van der Waals surface area contributed by atoms with Gasteiger partial charge in [-0.2, -0.15) is 0 Å². The van der Waals surface area contributed by atoms with Gasteiger partial charge < -0.3 is 19.3 Å². The van der Waals surface area contributed by atoms with Crippen LogP contribution in [0.5, 0.6) is 0 Å². The highest BCUT2D eigenvalue weighted by Crippen LogP contribution is 2.52. The Labute approximate surface area is 414 Å². The van der Waals surface area contributed by atoms with Crippen molar-refractivity contribution in [2.45, 2.75) is 52.4 Å². The lowest BCUT2D eigenvalue weighted by atomic mass is 9.36. The zero-order chi connectivity index (χ0) is 47.2. The minimum Gasteiger partial charge on any atom is -0.320 e. The van der Waals surface area contributed by atoms with E-state index in [4.69, 9.17) is 0 Å².